The molecular formula is C45H44BN3O3. The molecule has 1 unspecified atom stereocenters. The number of anilines is 1. The van der Waals surface area contributed by atoms with Crippen molar-refractivity contribution in [2.45, 2.75) is 51.9 Å². The molecule has 52 heavy (non-hydrogen) atoms. The first-order chi connectivity index (χ1) is 25.5. The van der Waals surface area contributed by atoms with Crippen molar-refractivity contribution >= 4 is 24.4 Å². The molecule has 4 aromatic rings. The number of nitrogens with two attached hydrogens (primary N) is 1. The fourth-order valence-corrected chi connectivity index (χ4v) is 6.81. The van der Waals surface area contributed by atoms with Crippen molar-refractivity contribution in [3.8, 4) is 35.5 Å². The smallest absolute Gasteiger partial charge is 0.228 e. The van der Waals surface area contributed by atoms with Crippen LogP contribution in [0.3, 0.4) is 0 Å². The Morgan fingerprint density at radius 1 is 0.788 bits per heavy atom. The molecule has 6 nitrogen and oxygen atoms in total. The van der Waals surface area contributed by atoms with Gasteiger partial charge >= 0.3 is 19.2 Å². The number of hydrogen-bond donors (Lipinski definition) is 3. The molecule has 3 aliphatic carbocycles. The largest absolute Gasteiger partial charge is 0.396 e. The Labute approximate surface area is 308 Å². The van der Waals surface area contributed by atoms with Crippen LogP contribution in [0.1, 0.15) is 75.8 Å². The molecule has 0 spiro atoms. The van der Waals surface area contributed by atoms with Gasteiger partial charge in [-0.2, -0.15) is 0 Å². The second-order valence-electron chi connectivity index (χ2n) is 12.9. The number of amides is 1. The molecule has 0 radical (unpaired) electrons. The number of Topliss-reactive ketones (excluding diaryl/α,β-unsaturated/α-hetero) is 1. The molecule has 0 bridgehead atoms. The fraction of sp³-hybridized carbons (Fsp3) is 0.289. The van der Waals surface area contributed by atoms with E-state index in [1.165, 1.54) is 19.9 Å². The Hall–Kier alpha value is -5.52. The minimum Gasteiger partial charge on any atom is -0.396 e. The third-order valence-electron chi connectivity index (χ3n) is 9.51. The first-order valence-electron chi connectivity index (χ1n) is 17.9. The van der Waals surface area contributed by atoms with Gasteiger partial charge in [-0.3, -0.25) is 9.59 Å². The van der Waals surface area contributed by atoms with Crippen LogP contribution in [0.2, 0.25) is 6.82 Å². The summed E-state index contributed by atoms with van der Waals surface area (Å²) in [5, 5.41) is 15.1. The number of nitrogens with one attached hydrogen (secondary N) is 1. The van der Waals surface area contributed by atoms with Gasteiger partial charge in [-0.25, -0.2) is 0 Å². The molecule has 8 rings (SSSR count). The van der Waals surface area contributed by atoms with Gasteiger partial charge in [0.05, 0.1) is 12.2 Å². The summed E-state index contributed by atoms with van der Waals surface area (Å²) in [5.74, 6) is 21.3. The molecule has 0 saturated heterocycles. The maximum atomic E-state index is 12.4. The predicted octanol–water partition coefficient (Wildman–Crippen LogP) is 7.03. The summed E-state index contributed by atoms with van der Waals surface area (Å²) >= 11 is 0. The average Bonchev–Trinajstić information content (AvgIpc) is 3.81. The van der Waals surface area contributed by atoms with Gasteiger partial charge in [0.2, 0.25) is 5.91 Å². The molecule has 4 N–H and O–H groups in total. The maximum absolute atomic E-state index is 12.4. The summed E-state index contributed by atoms with van der Waals surface area (Å²) in [6.45, 7) is 2.95. The maximum Gasteiger partial charge on any atom is 0.228 e. The Morgan fingerprint density at radius 2 is 1.29 bits per heavy atom. The van der Waals surface area contributed by atoms with Crippen LogP contribution < -0.4 is 10.6 Å². The SMILES string of the molecule is CB=N.NCCC(=O)N1Cc2ccccc2C#Cc2ccccc21.O=C1Cc2ccccc2C#Cc2ccccc21.OCC1[C@H]2CCC#CCC[C@@H]12. The number of aliphatic hydroxyl groups excluding tert-OH is 1. The van der Waals surface area contributed by atoms with E-state index in [1.54, 1.807) is 11.7 Å². The van der Waals surface area contributed by atoms with E-state index >= 15 is 0 Å². The van der Waals surface area contributed by atoms with Gasteiger partial charge in [-0.1, -0.05) is 90.4 Å². The Balaban J connectivity index is 0.000000151. The number of hydrogen-bond acceptors (Lipinski definition) is 5. The minimum absolute atomic E-state index is 0.0310. The van der Waals surface area contributed by atoms with Crippen LogP contribution in [0.4, 0.5) is 5.69 Å². The zero-order valence-electron chi connectivity index (χ0n) is 29.7. The zero-order valence-corrected chi connectivity index (χ0v) is 29.7. The van der Waals surface area contributed by atoms with E-state index in [1.807, 2.05) is 97.1 Å². The predicted molar refractivity (Wildman–Crippen MR) is 209 cm³/mol. The van der Waals surface area contributed by atoms with Crippen molar-refractivity contribution in [3.63, 3.8) is 0 Å². The quantitative estimate of drug-likeness (QED) is 0.159. The number of aliphatic hydroxyl groups is 1. The van der Waals surface area contributed by atoms with Crippen molar-refractivity contribution in [3.05, 3.63) is 136 Å². The van der Waals surface area contributed by atoms with E-state index in [2.05, 4.69) is 35.5 Å². The normalized spacial score (nSPS) is 17.9. The number of para-hydroxylation sites is 1. The van der Waals surface area contributed by atoms with Gasteiger partial charge in [-0.15, -0.1) is 11.8 Å². The van der Waals surface area contributed by atoms with Crippen molar-refractivity contribution in [2.24, 2.45) is 23.5 Å². The second-order valence-corrected chi connectivity index (χ2v) is 12.9. The van der Waals surface area contributed by atoms with Crippen molar-refractivity contribution in [1.82, 2.24) is 0 Å². The van der Waals surface area contributed by atoms with Crippen molar-refractivity contribution < 1.29 is 14.7 Å². The van der Waals surface area contributed by atoms with E-state index in [4.69, 9.17) is 16.2 Å². The van der Waals surface area contributed by atoms with Crippen molar-refractivity contribution in [2.75, 3.05) is 18.1 Å². The Kier molecular flexibility index (Phi) is 13.9. The number of ketones is 1. The van der Waals surface area contributed by atoms with E-state index in [-0.39, 0.29) is 11.7 Å². The number of benzene rings is 4. The molecule has 4 aliphatic rings. The average molecular weight is 686 g/mol. The molecular weight excluding hydrogens is 641 g/mol. The first-order valence-corrected chi connectivity index (χ1v) is 17.9. The fourth-order valence-electron chi connectivity index (χ4n) is 6.81. The number of rotatable bonds is 3. The third kappa shape index (κ3) is 9.83. The molecule has 1 saturated carbocycles. The van der Waals surface area contributed by atoms with Gasteiger partial charge in [0.1, 0.15) is 0 Å². The third-order valence-corrected chi connectivity index (χ3v) is 9.51. The summed E-state index contributed by atoms with van der Waals surface area (Å²) in [5.41, 5.74) is 12.8. The summed E-state index contributed by atoms with van der Waals surface area (Å²) in [7, 11) is 1.25. The minimum atomic E-state index is 0.0310. The monoisotopic (exact) mass is 685 g/mol. The van der Waals surface area contributed by atoms with Crippen LogP contribution >= 0.6 is 0 Å². The topological polar surface area (TPSA) is 107 Å². The van der Waals surface area contributed by atoms with Crippen LogP contribution in [0.25, 0.3) is 0 Å². The summed E-state index contributed by atoms with van der Waals surface area (Å²) in [4.78, 5) is 26.4. The van der Waals surface area contributed by atoms with E-state index in [0.717, 1.165) is 69.3 Å². The Morgan fingerprint density at radius 3 is 1.92 bits per heavy atom. The van der Waals surface area contributed by atoms with E-state index < -0.39 is 0 Å². The van der Waals surface area contributed by atoms with E-state index in [9.17, 15) is 9.59 Å². The first kappa shape index (κ1) is 37.7. The van der Waals surface area contributed by atoms with Crippen LogP contribution in [0, 0.1) is 58.6 Å². The molecule has 1 heterocycles. The molecule has 0 aromatic heterocycles. The van der Waals surface area contributed by atoms with Gasteiger partial charge < -0.3 is 15.7 Å². The summed E-state index contributed by atoms with van der Waals surface area (Å²) in [6.07, 6.45) is 5.33. The molecule has 1 amide bonds. The van der Waals surface area contributed by atoms with Gasteiger partial charge in [-0.05, 0) is 72.1 Å². The number of fused-ring (bicyclic) bond motifs is 5. The summed E-state index contributed by atoms with van der Waals surface area (Å²) < 4.78 is 0. The zero-order chi connectivity index (χ0) is 36.7. The van der Waals surface area contributed by atoms with Gasteiger partial charge in [0, 0.05) is 66.7 Å². The van der Waals surface area contributed by atoms with Gasteiger partial charge in [0.15, 0.2) is 5.78 Å². The number of carbonyl (C=O) groups is 2. The van der Waals surface area contributed by atoms with Crippen LogP contribution in [0.5, 0.6) is 0 Å². The summed E-state index contributed by atoms with van der Waals surface area (Å²) in [6, 6.07) is 31.0. The number of carbonyl (C=O) groups excluding carboxylic acids is 2. The molecule has 1 fully saturated rings. The molecule has 4 aromatic carbocycles. The standard InChI is InChI=1S/C18H16N2O.C16H10O.C10H14O.CH4BN/c19-12-11-18(21)20-13-16-7-2-1-5-14(16)9-10-15-6-3-4-8-17(15)20;17-16-11-14-7-2-1-5-12(14)9-10-13-6-3-4-8-15(13)16;11-7-10-8-5-3-1-2-4-6-9(8)10;1-2-3/h1-8H,11-13,19H2;1-8H,11H2;8-11H,3-7H2;3H,1H3/t;;8-,9+,10?;. The number of nitrogens with zero attached hydrogens (tertiary/aromatic N) is 1. The second kappa shape index (κ2) is 19.2. The van der Waals surface area contributed by atoms with Crippen LogP contribution in [-0.4, -0.2) is 37.0 Å². The van der Waals surface area contributed by atoms with Crippen LogP contribution in [-0.2, 0) is 17.8 Å². The molecule has 260 valence electrons. The Bertz CT molecular complexity index is 2070. The van der Waals surface area contributed by atoms with Crippen LogP contribution in [0.15, 0.2) is 97.1 Å². The van der Waals surface area contributed by atoms with Gasteiger partial charge in [0.25, 0.3) is 0 Å². The van der Waals surface area contributed by atoms with E-state index in [0.29, 0.717) is 38.5 Å². The van der Waals surface area contributed by atoms with Crippen molar-refractivity contribution in [1.29, 1.82) is 5.31 Å². The molecule has 7 heteroatoms. The molecule has 3 atom stereocenters. The molecule has 1 aliphatic heterocycles.